The van der Waals surface area contributed by atoms with Gasteiger partial charge in [-0.25, -0.2) is 4.90 Å². The molecule has 0 radical (unpaired) electrons. The molecule has 0 spiro atoms. The molecule has 10 nitrogen and oxygen atoms in total. The summed E-state index contributed by atoms with van der Waals surface area (Å²) in [5.74, 6) is -1.76. The van der Waals surface area contributed by atoms with Crippen LogP contribution in [0, 0.1) is 10.1 Å². The van der Waals surface area contributed by atoms with E-state index in [1.54, 1.807) is 45.0 Å². The molecule has 1 saturated heterocycles. The van der Waals surface area contributed by atoms with Gasteiger partial charge in [-0.1, -0.05) is 0 Å². The van der Waals surface area contributed by atoms with Crippen molar-refractivity contribution in [2.45, 2.75) is 45.7 Å². The Labute approximate surface area is 190 Å². The van der Waals surface area contributed by atoms with Gasteiger partial charge in [-0.05, 0) is 57.2 Å². The van der Waals surface area contributed by atoms with Crippen LogP contribution < -0.4 is 10.2 Å². The third-order valence-corrected chi connectivity index (χ3v) is 5.15. The number of benzene rings is 2. The number of carbonyl (C=O) groups excluding carboxylic acids is 4. The van der Waals surface area contributed by atoms with Gasteiger partial charge in [-0.3, -0.25) is 29.3 Å². The van der Waals surface area contributed by atoms with Gasteiger partial charge in [0.05, 0.1) is 17.0 Å². The average Bonchev–Trinajstić information content (AvgIpc) is 3.01. The average molecular weight is 452 g/mol. The summed E-state index contributed by atoms with van der Waals surface area (Å²) in [6.07, 6.45) is -0.192. The summed E-state index contributed by atoms with van der Waals surface area (Å²) >= 11 is 0. The number of nitrogens with zero attached hydrogens (tertiary/aromatic N) is 3. The zero-order valence-corrected chi connectivity index (χ0v) is 18.7. The van der Waals surface area contributed by atoms with Gasteiger partial charge in [-0.2, -0.15) is 0 Å². The first-order valence-corrected chi connectivity index (χ1v) is 10.2. The van der Waals surface area contributed by atoms with E-state index in [4.69, 9.17) is 0 Å². The van der Waals surface area contributed by atoms with Crippen LogP contribution in [0.1, 0.15) is 44.5 Å². The Morgan fingerprint density at radius 2 is 1.64 bits per heavy atom. The van der Waals surface area contributed by atoms with Crippen molar-refractivity contribution in [2.75, 3.05) is 10.2 Å². The predicted octanol–water partition coefficient (Wildman–Crippen LogP) is 3.13. The van der Waals surface area contributed by atoms with Gasteiger partial charge in [0.1, 0.15) is 6.04 Å². The van der Waals surface area contributed by atoms with Crippen LogP contribution in [-0.2, 0) is 14.4 Å². The lowest BCUT2D eigenvalue weighted by Gasteiger charge is -2.39. The van der Waals surface area contributed by atoms with Gasteiger partial charge in [-0.15, -0.1) is 0 Å². The minimum Gasteiger partial charge on any atom is -0.326 e. The summed E-state index contributed by atoms with van der Waals surface area (Å²) in [5, 5.41) is 13.5. The van der Waals surface area contributed by atoms with E-state index >= 15 is 0 Å². The number of nitro benzene ring substituents is 1. The van der Waals surface area contributed by atoms with E-state index in [9.17, 15) is 29.3 Å². The molecular formula is C23H24N4O6. The van der Waals surface area contributed by atoms with Crippen molar-refractivity contribution in [3.63, 3.8) is 0 Å². The molecule has 4 amide bonds. The van der Waals surface area contributed by atoms with Crippen molar-refractivity contribution in [3.8, 4) is 0 Å². The highest BCUT2D eigenvalue weighted by Gasteiger charge is 2.47. The highest BCUT2D eigenvalue weighted by Crippen LogP contribution is 2.31. The minimum absolute atomic E-state index is 0.158. The molecule has 3 rings (SSSR count). The smallest absolute Gasteiger partial charge is 0.269 e. The molecule has 1 aliphatic heterocycles. The first-order valence-electron chi connectivity index (χ1n) is 10.2. The van der Waals surface area contributed by atoms with Crippen LogP contribution in [-0.4, -0.2) is 45.0 Å². The Morgan fingerprint density at radius 3 is 2.12 bits per heavy atom. The zero-order chi connectivity index (χ0) is 24.5. The van der Waals surface area contributed by atoms with Crippen LogP contribution in [0.4, 0.5) is 17.1 Å². The third-order valence-electron chi connectivity index (χ3n) is 5.15. The molecule has 0 aromatic heterocycles. The van der Waals surface area contributed by atoms with Crippen LogP contribution in [0.15, 0.2) is 48.5 Å². The Bertz CT molecular complexity index is 1120. The van der Waals surface area contributed by atoms with Gasteiger partial charge in [0.2, 0.25) is 11.8 Å². The number of hydrogen-bond donors (Lipinski definition) is 1. The molecule has 0 bridgehead atoms. The van der Waals surface area contributed by atoms with Crippen LogP contribution in [0.3, 0.4) is 0 Å². The number of amides is 4. The van der Waals surface area contributed by atoms with Crippen molar-refractivity contribution in [1.82, 2.24) is 4.90 Å². The first-order chi connectivity index (χ1) is 15.4. The molecule has 10 heteroatoms. The van der Waals surface area contributed by atoms with Crippen LogP contribution >= 0.6 is 0 Å². The molecule has 1 N–H and O–H groups in total. The molecule has 0 aliphatic carbocycles. The van der Waals surface area contributed by atoms with Gasteiger partial charge < -0.3 is 10.2 Å². The second-order valence-corrected chi connectivity index (χ2v) is 8.67. The molecule has 1 heterocycles. The highest BCUT2D eigenvalue weighted by atomic mass is 16.6. The number of non-ortho nitro benzene ring substituents is 1. The van der Waals surface area contributed by atoms with Gasteiger partial charge >= 0.3 is 0 Å². The number of anilines is 2. The molecule has 1 unspecified atom stereocenters. The summed E-state index contributed by atoms with van der Waals surface area (Å²) in [7, 11) is 0. The lowest BCUT2D eigenvalue weighted by molar-refractivity contribution is -0.384. The van der Waals surface area contributed by atoms with Crippen LogP contribution in [0.2, 0.25) is 0 Å². The number of rotatable bonds is 5. The van der Waals surface area contributed by atoms with E-state index in [-0.39, 0.29) is 23.6 Å². The Morgan fingerprint density at radius 1 is 1.06 bits per heavy atom. The fourth-order valence-electron chi connectivity index (χ4n) is 3.76. The van der Waals surface area contributed by atoms with Gasteiger partial charge in [0.25, 0.3) is 17.5 Å². The van der Waals surface area contributed by atoms with Crippen LogP contribution in [0.25, 0.3) is 0 Å². The molecule has 33 heavy (non-hydrogen) atoms. The largest absolute Gasteiger partial charge is 0.326 e. The normalized spacial score (nSPS) is 16.0. The fourth-order valence-corrected chi connectivity index (χ4v) is 3.76. The van der Waals surface area contributed by atoms with Crippen molar-refractivity contribution < 1.29 is 24.1 Å². The SMILES string of the molecule is CC(=O)Nc1ccc(N2C(=O)CC(N(C(=O)c3ccc([N+](=O)[O-])cc3)C(C)(C)C)C2=O)cc1. The number of hydrogen-bond acceptors (Lipinski definition) is 6. The van der Waals surface area contributed by atoms with E-state index in [0.717, 1.165) is 4.90 Å². The Hall–Kier alpha value is -4.08. The second-order valence-electron chi connectivity index (χ2n) is 8.67. The topological polar surface area (TPSA) is 130 Å². The Kier molecular flexibility index (Phi) is 6.30. The summed E-state index contributed by atoms with van der Waals surface area (Å²) in [6.45, 7) is 6.62. The summed E-state index contributed by atoms with van der Waals surface area (Å²) in [5.41, 5.74) is 0.0543. The maximum atomic E-state index is 13.3. The van der Waals surface area contributed by atoms with Gasteiger partial charge in [0, 0.05) is 35.8 Å². The molecule has 0 saturated carbocycles. The molecule has 2 aromatic rings. The molecule has 1 fully saturated rings. The monoisotopic (exact) mass is 452 g/mol. The molecular weight excluding hydrogens is 428 g/mol. The van der Waals surface area contributed by atoms with E-state index < -0.39 is 34.2 Å². The van der Waals surface area contributed by atoms with E-state index in [1.165, 1.54) is 36.1 Å². The van der Waals surface area contributed by atoms with Crippen LogP contribution in [0.5, 0.6) is 0 Å². The van der Waals surface area contributed by atoms with E-state index in [2.05, 4.69) is 5.32 Å². The quantitative estimate of drug-likeness (QED) is 0.421. The predicted molar refractivity (Wildman–Crippen MR) is 121 cm³/mol. The Balaban J connectivity index is 1.90. The van der Waals surface area contributed by atoms with E-state index in [1.807, 2.05) is 0 Å². The van der Waals surface area contributed by atoms with Crippen molar-refractivity contribution >= 4 is 40.7 Å². The lowest BCUT2D eigenvalue weighted by atomic mass is 9.99. The minimum atomic E-state index is -1.03. The highest BCUT2D eigenvalue weighted by molar-refractivity contribution is 6.23. The fraction of sp³-hybridized carbons (Fsp3) is 0.304. The molecule has 172 valence electrons. The standard InChI is InChI=1S/C23H24N4O6/c1-14(28)24-16-7-11-17(12-8-16)25-20(29)13-19(22(25)31)26(23(2,3)4)21(30)15-5-9-18(10-6-15)27(32)33/h5-12,19H,13H2,1-4H3,(H,24,28). The number of nitrogens with one attached hydrogen (secondary N) is 1. The first kappa shape index (κ1) is 23.6. The molecule has 1 atom stereocenters. The third kappa shape index (κ3) is 4.89. The summed E-state index contributed by atoms with van der Waals surface area (Å²) in [4.78, 5) is 63.4. The second kappa shape index (κ2) is 8.81. The van der Waals surface area contributed by atoms with E-state index in [0.29, 0.717) is 11.4 Å². The number of carbonyl (C=O) groups is 4. The van der Waals surface area contributed by atoms with Crippen molar-refractivity contribution in [1.29, 1.82) is 0 Å². The van der Waals surface area contributed by atoms with Crippen molar-refractivity contribution in [3.05, 3.63) is 64.2 Å². The van der Waals surface area contributed by atoms with Crippen molar-refractivity contribution in [2.24, 2.45) is 0 Å². The maximum absolute atomic E-state index is 13.3. The maximum Gasteiger partial charge on any atom is 0.269 e. The zero-order valence-electron chi connectivity index (χ0n) is 18.7. The number of imide groups is 1. The number of nitro groups is 1. The lowest BCUT2D eigenvalue weighted by Crippen LogP contribution is -2.54. The summed E-state index contributed by atoms with van der Waals surface area (Å²) in [6, 6.07) is 10.3. The molecule has 2 aromatic carbocycles. The van der Waals surface area contributed by atoms with Gasteiger partial charge in [0.15, 0.2) is 0 Å². The molecule has 1 aliphatic rings. The summed E-state index contributed by atoms with van der Waals surface area (Å²) < 4.78 is 0.